The maximum atomic E-state index is 10.3. The summed E-state index contributed by atoms with van der Waals surface area (Å²) >= 11 is 0. The normalized spacial score (nSPS) is 16.8. The lowest BCUT2D eigenvalue weighted by Crippen LogP contribution is -2.62. The first-order valence-corrected chi connectivity index (χ1v) is 12.5. The second-order valence-electron chi connectivity index (χ2n) is 11.1. The zero-order chi connectivity index (χ0) is 28.6. The molecular formula is C28H39N3O7. The van der Waals surface area contributed by atoms with Gasteiger partial charge in [-0.05, 0) is 58.2 Å². The number of aromatic nitrogens is 1. The Labute approximate surface area is 223 Å². The molecule has 1 aliphatic heterocycles. The quantitative estimate of drug-likeness (QED) is 0.309. The molecule has 0 unspecified atom stereocenters. The molecular weight excluding hydrogens is 490 g/mol. The Morgan fingerprint density at radius 3 is 1.87 bits per heavy atom. The number of rotatable bonds is 10. The fourth-order valence-corrected chi connectivity index (χ4v) is 5.07. The van der Waals surface area contributed by atoms with Gasteiger partial charge in [-0.25, -0.2) is 4.79 Å². The standard InChI is InChI=1S/C22H31N3.C6H8O7/c1-21(2)14-20(15-22(3,4)24-21)25(16-18-10-6-5-7-11-18)17-19-12-8-9-13-23-19;7-3(8)1-6(13,5(11)12)2-4(9)10/h5-13,20,24H,14-17H2,1-4H3;13H,1-2H2,(H,7,8)(H,9,10)(H,11,12). The van der Waals surface area contributed by atoms with Gasteiger partial charge in [0.25, 0.3) is 0 Å². The van der Waals surface area contributed by atoms with Gasteiger partial charge in [-0.15, -0.1) is 0 Å². The zero-order valence-corrected chi connectivity index (χ0v) is 22.4. The van der Waals surface area contributed by atoms with Gasteiger partial charge in [-0.3, -0.25) is 19.5 Å². The molecule has 1 saturated heterocycles. The second kappa shape index (κ2) is 12.9. The number of piperidine rings is 1. The average molecular weight is 530 g/mol. The number of nitrogens with zero attached hydrogens (tertiary/aromatic N) is 2. The van der Waals surface area contributed by atoms with Crippen LogP contribution in [0.4, 0.5) is 0 Å². The van der Waals surface area contributed by atoms with Gasteiger partial charge >= 0.3 is 17.9 Å². The van der Waals surface area contributed by atoms with E-state index in [2.05, 4.69) is 85.4 Å². The van der Waals surface area contributed by atoms with Gasteiger partial charge in [0, 0.05) is 36.4 Å². The Hall–Kier alpha value is -3.34. The van der Waals surface area contributed by atoms with Crippen LogP contribution < -0.4 is 5.32 Å². The first kappa shape index (κ1) is 30.9. The maximum absolute atomic E-state index is 10.3. The van der Waals surface area contributed by atoms with E-state index < -0.39 is 36.4 Å². The molecule has 1 aromatic carbocycles. The molecule has 38 heavy (non-hydrogen) atoms. The van der Waals surface area contributed by atoms with E-state index in [0.717, 1.165) is 31.6 Å². The van der Waals surface area contributed by atoms with Crippen LogP contribution >= 0.6 is 0 Å². The summed E-state index contributed by atoms with van der Waals surface area (Å²) in [4.78, 5) is 37.7. The smallest absolute Gasteiger partial charge is 0.336 e. The first-order valence-electron chi connectivity index (χ1n) is 12.5. The van der Waals surface area contributed by atoms with E-state index in [-0.39, 0.29) is 11.1 Å². The molecule has 0 amide bonds. The number of benzene rings is 1. The van der Waals surface area contributed by atoms with Crippen LogP contribution in [0.3, 0.4) is 0 Å². The molecule has 2 heterocycles. The third kappa shape index (κ3) is 10.2. The number of aliphatic carboxylic acids is 3. The molecule has 0 spiro atoms. The topological polar surface area (TPSA) is 160 Å². The van der Waals surface area contributed by atoms with Crippen LogP contribution in [-0.2, 0) is 27.5 Å². The molecule has 2 aromatic rings. The first-order chi connectivity index (χ1) is 17.6. The van der Waals surface area contributed by atoms with Gasteiger partial charge < -0.3 is 25.7 Å². The fourth-order valence-electron chi connectivity index (χ4n) is 5.07. The van der Waals surface area contributed by atoms with Crippen molar-refractivity contribution in [3.8, 4) is 0 Å². The number of pyridine rings is 1. The molecule has 0 bridgehead atoms. The number of aliphatic hydroxyl groups is 1. The Kier molecular flexibility index (Phi) is 10.5. The van der Waals surface area contributed by atoms with Gasteiger partial charge in [-0.2, -0.15) is 0 Å². The molecule has 0 aliphatic carbocycles. The van der Waals surface area contributed by atoms with E-state index in [1.54, 1.807) is 0 Å². The highest BCUT2D eigenvalue weighted by atomic mass is 16.4. The van der Waals surface area contributed by atoms with E-state index in [9.17, 15) is 14.4 Å². The van der Waals surface area contributed by atoms with Crippen molar-refractivity contribution >= 4 is 17.9 Å². The minimum Gasteiger partial charge on any atom is -0.481 e. The molecule has 10 nitrogen and oxygen atoms in total. The summed E-state index contributed by atoms with van der Waals surface area (Å²) < 4.78 is 0. The van der Waals surface area contributed by atoms with E-state index in [1.165, 1.54) is 5.56 Å². The van der Waals surface area contributed by atoms with Crippen LogP contribution in [0.15, 0.2) is 54.7 Å². The number of hydrogen-bond acceptors (Lipinski definition) is 7. The summed E-state index contributed by atoms with van der Waals surface area (Å²) in [6, 6.07) is 17.5. The molecule has 208 valence electrons. The molecule has 3 rings (SSSR count). The molecule has 0 saturated carbocycles. The van der Waals surface area contributed by atoms with E-state index >= 15 is 0 Å². The predicted molar refractivity (Wildman–Crippen MR) is 141 cm³/mol. The highest BCUT2D eigenvalue weighted by molar-refractivity contribution is 5.88. The largest absolute Gasteiger partial charge is 0.481 e. The second-order valence-corrected chi connectivity index (χ2v) is 11.1. The van der Waals surface area contributed by atoms with E-state index in [0.29, 0.717) is 6.04 Å². The van der Waals surface area contributed by atoms with Crippen molar-refractivity contribution in [3.63, 3.8) is 0 Å². The van der Waals surface area contributed by atoms with E-state index in [1.807, 2.05) is 12.3 Å². The lowest BCUT2D eigenvalue weighted by molar-refractivity contribution is -0.170. The van der Waals surface area contributed by atoms with Crippen molar-refractivity contribution in [1.82, 2.24) is 15.2 Å². The van der Waals surface area contributed by atoms with Crippen molar-refractivity contribution < 1.29 is 34.8 Å². The SMILES string of the molecule is CC1(C)CC(N(Cc2ccccc2)Cc2ccccn2)CC(C)(C)N1.O=C(O)CC(O)(CC(=O)O)C(=O)O. The minimum absolute atomic E-state index is 0.144. The van der Waals surface area contributed by atoms with Gasteiger partial charge in [0.2, 0.25) is 0 Å². The summed E-state index contributed by atoms with van der Waals surface area (Å²) in [5.74, 6) is -5.02. The number of carboxylic acids is 3. The lowest BCUT2D eigenvalue weighted by atomic mass is 9.79. The van der Waals surface area contributed by atoms with Crippen molar-refractivity contribution in [2.24, 2.45) is 0 Å². The van der Waals surface area contributed by atoms with Crippen molar-refractivity contribution in [3.05, 3.63) is 66.0 Å². The molecule has 1 aliphatic rings. The van der Waals surface area contributed by atoms with Crippen LogP contribution in [-0.4, -0.2) is 70.9 Å². The maximum Gasteiger partial charge on any atom is 0.336 e. The van der Waals surface area contributed by atoms with Crippen molar-refractivity contribution in [1.29, 1.82) is 0 Å². The summed E-state index contributed by atoms with van der Waals surface area (Å²) in [5, 5.41) is 37.6. The summed E-state index contributed by atoms with van der Waals surface area (Å²) in [6.07, 6.45) is 1.90. The highest BCUT2D eigenvalue weighted by Crippen LogP contribution is 2.33. The predicted octanol–water partition coefficient (Wildman–Crippen LogP) is 3.14. The van der Waals surface area contributed by atoms with Crippen LogP contribution in [0.5, 0.6) is 0 Å². The molecule has 1 aromatic heterocycles. The fraction of sp³-hybridized carbons (Fsp3) is 0.500. The monoisotopic (exact) mass is 529 g/mol. The average Bonchev–Trinajstić information content (AvgIpc) is 2.77. The third-order valence-electron chi connectivity index (χ3n) is 6.29. The van der Waals surface area contributed by atoms with Crippen LogP contribution in [0.25, 0.3) is 0 Å². The molecule has 1 fully saturated rings. The Morgan fingerprint density at radius 2 is 1.42 bits per heavy atom. The van der Waals surface area contributed by atoms with Crippen molar-refractivity contribution in [2.75, 3.05) is 0 Å². The van der Waals surface area contributed by atoms with E-state index in [4.69, 9.17) is 20.4 Å². The molecule has 10 heteroatoms. The van der Waals surface area contributed by atoms with Gasteiger partial charge in [0.05, 0.1) is 18.5 Å². The van der Waals surface area contributed by atoms with Crippen molar-refractivity contribution in [2.45, 2.75) is 89.2 Å². The van der Waals surface area contributed by atoms with Gasteiger partial charge in [-0.1, -0.05) is 36.4 Å². The summed E-state index contributed by atoms with van der Waals surface area (Å²) in [7, 11) is 0. The van der Waals surface area contributed by atoms with Gasteiger partial charge in [0.15, 0.2) is 5.60 Å². The summed E-state index contributed by atoms with van der Waals surface area (Å²) in [5.41, 5.74) is 0.0642. The van der Waals surface area contributed by atoms with Crippen LogP contribution in [0.2, 0.25) is 0 Å². The third-order valence-corrected chi connectivity index (χ3v) is 6.29. The van der Waals surface area contributed by atoms with Crippen LogP contribution in [0, 0.1) is 0 Å². The number of carbonyl (C=O) groups is 3. The lowest BCUT2D eigenvalue weighted by Gasteiger charge is -2.49. The Morgan fingerprint density at radius 1 is 0.895 bits per heavy atom. The summed E-state index contributed by atoms with van der Waals surface area (Å²) in [6.45, 7) is 11.1. The highest BCUT2D eigenvalue weighted by Gasteiger charge is 2.41. The number of hydrogen-bond donors (Lipinski definition) is 5. The van der Waals surface area contributed by atoms with Gasteiger partial charge in [0.1, 0.15) is 0 Å². The minimum atomic E-state index is -2.74. The molecule has 0 radical (unpaired) electrons. The molecule has 0 atom stereocenters. The number of nitrogens with one attached hydrogen (secondary N) is 1. The Balaban J connectivity index is 0.000000332. The molecule has 5 N–H and O–H groups in total. The Bertz CT molecular complexity index is 1000. The zero-order valence-electron chi connectivity index (χ0n) is 22.4. The number of carboxylic acid groups (broad SMARTS) is 3. The van der Waals surface area contributed by atoms with Crippen LogP contribution in [0.1, 0.15) is 64.6 Å².